The van der Waals surface area contributed by atoms with Crippen molar-refractivity contribution in [2.75, 3.05) is 0 Å². The van der Waals surface area contributed by atoms with Gasteiger partial charge in [0.1, 0.15) is 11.2 Å². The first-order chi connectivity index (χ1) is 28.9. The first-order valence-electron chi connectivity index (χ1n) is 20.9. The maximum absolute atomic E-state index is 8.70. The lowest BCUT2D eigenvalue weighted by molar-refractivity contribution is 0.668. The number of para-hydroxylation sites is 1. The molecule has 234 valence electrons. The number of nitrogens with zero attached hydrogens (tertiary/aromatic N) is 4. The van der Waals surface area contributed by atoms with Crippen molar-refractivity contribution >= 4 is 43.7 Å². The highest BCUT2D eigenvalue weighted by atomic mass is 16.3. The van der Waals surface area contributed by atoms with E-state index < -0.39 is 60.4 Å². The SMILES string of the molecule is [2H]c1c([2H])c([2H])c(-c2nc(-c3c([2H])c([2H])c([2H])c([2H])c3[2H])nc(-c3cccc4oc5cc(-n6c7ccccc7c7cc(-c8ccccc8)ccc76)ccc5c34)n2)c([2H])c1[2H]. The van der Waals surface area contributed by atoms with Gasteiger partial charge >= 0.3 is 0 Å². The van der Waals surface area contributed by atoms with E-state index in [4.69, 9.17) is 18.1 Å². The van der Waals surface area contributed by atoms with Crippen molar-refractivity contribution in [2.45, 2.75) is 0 Å². The van der Waals surface area contributed by atoms with Gasteiger partial charge in [0.25, 0.3) is 0 Å². The molecule has 50 heavy (non-hydrogen) atoms. The minimum atomic E-state index is -0.615. The Hall–Kier alpha value is -6.85. The highest BCUT2D eigenvalue weighted by Crippen LogP contribution is 2.39. The molecule has 0 saturated carbocycles. The topological polar surface area (TPSA) is 56.7 Å². The van der Waals surface area contributed by atoms with Crippen molar-refractivity contribution in [2.24, 2.45) is 0 Å². The first-order valence-corrected chi connectivity index (χ1v) is 15.9. The van der Waals surface area contributed by atoms with E-state index >= 15 is 0 Å². The minimum absolute atomic E-state index is 0.0392. The molecule has 0 radical (unpaired) electrons. The zero-order valence-electron chi connectivity index (χ0n) is 36.1. The van der Waals surface area contributed by atoms with Crippen LogP contribution in [0.5, 0.6) is 0 Å². The van der Waals surface area contributed by atoms with Gasteiger partial charge in [-0.15, -0.1) is 0 Å². The first kappa shape index (κ1) is 19.8. The van der Waals surface area contributed by atoms with Gasteiger partial charge in [0.15, 0.2) is 17.5 Å². The van der Waals surface area contributed by atoms with Crippen molar-refractivity contribution in [1.82, 2.24) is 19.5 Å². The standard InChI is InChI=1S/C45H28N4O/c1-4-13-29(14-5-1)32-23-26-39-37(27-32)34-19-10-11-21-38(34)49(39)33-24-25-35-41(28-33)50-40-22-12-20-36(42(35)40)45-47-43(30-15-6-2-7-16-30)46-44(48-45)31-17-8-3-9-18-31/h1-28H/i2D,3D,6D,7D,8D,9D,15D,16D,17D,18D. The zero-order chi connectivity index (χ0) is 41.7. The van der Waals surface area contributed by atoms with Crippen LogP contribution in [0.4, 0.5) is 0 Å². The third-order valence-corrected chi connectivity index (χ3v) is 8.84. The van der Waals surface area contributed by atoms with E-state index in [0.29, 0.717) is 27.5 Å². The predicted molar refractivity (Wildman–Crippen MR) is 203 cm³/mol. The van der Waals surface area contributed by atoms with Gasteiger partial charge in [-0.25, -0.2) is 15.0 Å². The van der Waals surface area contributed by atoms with Gasteiger partial charge in [0.2, 0.25) is 0 Å². The van der Waals surface area contributed by atoms with Crippen molar-refractivity contribution in [3.05, 3.63) is 170 Å². The summed E-state index contributed by atoms with van der Waals surface area (Å²) in [5.74, 6) is -0.719. The lowest BCUT2D eigenvalue weighted by atomic mass is 10.0. The Morgan fingerprint density at radius 3 is 1.90 bits per heavy atom. The highest BCUT2D eigenvalue weighted by molar-refractivity contribution is 6.13. The van der Waals surface area contributed by atoms with Crippen molar-refractivity contribution in [3.63, 3.8) is 0 Å². The Morgan fingerprint density at radius 2 is 1.14 bits per heavy atom. The van der Waals surface area contributed by atoms with Gasteiger partial charge in [0.05, 0.1) is 24.7 Å². The van der Waals surface area contributed by atoms with Gasteiger partial charge in [-0.05, 0) is 47.5 Å². The third-order valence-electron chi connectivity index (χ3n) is 8.84. The largest absolute Gasteiger partial charge is 0.456 e. The fourth-order valence-corrected chi connectivity index (χ4v) is 6.64. The molecule has 0 unspecified atom stereocenters. The molecule has 3 aromatic heterocycles. The molecule has 0 atom stereocenters. The number of furan rings is 1. The monoisotopic (exact) mass is 650 g/mol. The molecule has 5 nitrogen and oxygen atoms in total. The summed E-state index contributed by atoms with van der Waals surface area (Å²) in [6, 6.07) is 30.1. The number of aromatic nitrogens is 4. The molecule has 0 saturated heterocycles. The van der Waals surface area contributed by atoms with Crippen LogP contribution in [0.25, 0.3) is 94.7 Å². The summed E-state index contributed by atoms with van der Waals surface area (Å²) in [6.07, 6.45) is 0. The number of fused-ring (bicyclic) bond motifs is 6. The van der Waals surface area contributed by atoms with Gasteiger partial charge in [-0.3, -0.25) is 0 Å². The van der Waals surface area contributed by atoms with Crippen LogP contribution in [0.2, 0.25) is 0 Å². The van der Waals surface area contributed by atoms with Crippen LogP contribution >= 0.6 is 0 Å². The molecular formula is C45H28N4O. The van der Waals surface area contributed by atoms with E-state index in [1.807, 2.05) is 48.5 Å². The molecule has 0 N–H and O–H groups in total. The number of hydrogen-bond donors (Lipinski definition) is 0. The summed E-state index contributed by atoms with van der Waals surface area (Å²) in [6.45, 7) is 0. The fourth-order valence-electron chi connectivity index (χ4n) is 6.64. The number of rotatable bonds is 5. The molecule has 5 heteroatoms. The smallest absolute Gasteiger partial charge is 0.164 e. The maximum atomic E-state index is 8.70. The van der Waals surface area contributed by atoms with Crippen LogP contribution in [-0.2, 0) is 0 Å². The normalized spacial score (nSPS) is 14.4. The molecule has 0 spiro atoms. The Kier molecular flexibility index (Phi) is 4.52. The second-order valence-electron chi connectivity index (χ2n) is 11.7. The molecule has 10 rings (SSSR count). The predicted octanol–water partition coefficient (Wildman–Crippen LogP) is 11.5. The quantitative estimate of drug-likeness (QED) is 0.186. The summed E-state index contributed by atoms with van der Waals surface area (Å²) >= 11 is 0. The van der Waals surface area contributed by atoms with Crippen molar-refractivity contribution in [1.29, 1.82) is 0 Å². The Bertz CT molecular complexity index is 3310. The molecule has 0 aliphatic heterocycles. The molecular weight excluding hydrogens is 613 g/mol. The Balaban J connectivity index is 1.20. The molecule has 0 aliphatic carbocycles. The van der Waals surface area contributed by atoms with Gasteiger partial charge < -0.3 is 8.98 Å². The van der Waals surface area contributed by atoms with E-state index in [0.717, 1.165) is 38.6 Å². The van der Waals surface area contributed by atoms with Crippen LogP contribution < -0.4 is 0 Å². The molecule has 0 bridgehead atoms. The van der Waals surface area contributed by atoms with Crippen LogP contribution in [0.3, 0.4) is 0 Å². The van der Waals surface area contributed by atoms with Gasteiger partial charge in [0, 0.05) is 50.0 Å². The average Bonchev–Trinajstić information content (AvgIpc) is 3.81. The maximum Gasteiger partial charge on any atom is 0.164 e. The van der Waals surface area contributed by atoms with E-state index in [1.54, 1.807) is 18.2 Å². The summed E-state index contributed by atoms with van der Waals surface area (Å²) in [5, 5.41) is 3.49. The van der Waals surface area contributed by atoms with Gasteiger partial charge in [-0.2, -0.15) is 0 Å². The third kappa shape index (κ3) is 4.60. The summed E-state index contributed by atoms with van der Waals surface area (Å²) in [7, 11) is 0. The lowest BCUT2D eigenvalue weighted by Crippen LogP contribution is -2.00. The molecule has 0 amide bonds. The molecule has 0 aliphatic rings. The average molecular weight is 651 g/mol. The Morgan fingerprint density at radius 1 is 0.460 bits per heavy atom. The van der Waals surface area contributed by atoms with Crippen LogP contribution in [-0.4, -0.2) is 19.5 Å². The van der Waals surface area contributed by atoms with E-state index in [2.05, 4.69) is 62.0 Å². The second-order valence-corrected chi connectivity index (χ2v) is 11.7. The van der Waals surface area contributed by atoms with Crippen molar-refractivity contribution in [3.8, 4) is 51.0 Å². The number of benzene rings is 7. The fraction of sp³-hybridized carbons (Fsp3) is 0. The van der Waals surface area contributed by atoms with E-state index in [9.17, 15) is 0 Å². The summed E-state index contributed by atoms with van der Waals surface area (Å²) < 4.78 is 93.1. The van der Waals surface area contributed by atoms with Crippen LogP contribution in [0.15, 0.2) is 174 Å². The molecule has 3 heterocycles. The summed E-state index contributed by atoms with van der Waals surface area (Å²) in [4.78, 5) is 13.7. The van der Waals surface area contributed by atoms with E-state index in [1.165, 1.54) is 0 Å². The van der Waals surface area contributed by atoms with Crippen LogP contribution in [0, 0.1) is 0 Å². The lowest BCUT2D eigenvalue weighted by Gasteiger charge is -2.09. The molecule has 10 aromatic rings. The van der Waals surface area contributed by atoms with Crippen molar-refractivity contribution < 1.29 is 18.1 Å². The second kappa shape index (κ2) is 11.4. The number of hydrogen-bond acceptors (Lipinski definition) is 4. The molecule has 0 fully saturated rings. The van der Waals surface area contributed by atoms with Gasteiger partial charge in [-0.1, -0.05) is 127 Å². The van der Waals surface area contributed by atoms with E-state index in [-0.39, 0.29) is 28.6 Å². The molecule has 7 aromatic carbocycles. The Labute approximate surface area is 301 Å². The van der Waals surface area contributed by atoms with Crippen LogP contribution in [0.1, 0.15) is 13.7 Å². The zero-order valence-corrected chi connectivity index (χ0v) is 26.1. The summed E-state index contributed by atoms with van der Waals surface area (Å²) in [5.41, 5.74) is 5.86. The highest BCUT2D eigenvalue weighted by Gasteiger charge is 2.19. The minimum Gasteiger partial charge on any atom is -0.456 e.